The third-order valence-electron chi connectivity index (χ3n) is 6.05. The van der Waals surface area contributed by atoms with Crippen LogP contribution < -0.4 is 0 Å². The molecule has 2 heterocycles. The molecule has 4 rings (SSSR count). The molecule has 4 nitrogen and oxygen atoms in total. The van der Waals surface area contributed by atoms with Crippen molar-refractivity contribution >= 4 is 27.5 Å². The molecule has 0 spiro atoms. The lowest BCUT2D eigenvalue weighted by molar-refractivity contribution is -0.134. The number of carbonyl (C=O) groups excluding carboxylic acids is 1. The fraction of sp³-hybridized carbons (Fsp3) is 0.417. The first-order chi connectivity index (χ1) is 14.1. The molecule has 1 aliphatic heterocycles. The molecule has 1 aromatic heterocycles. The quantitative estimate of drug-likeness (QED) is 0.590. The molecule has 0 saturated carbocycles. The highest BCUT2D eigenvalue weighted by Gasteiger charge is 2.25. The molecular formula is C24H29N3OS. The van der Waals surface area contributed by atoms with Gasteiger partial charge in [0.05, 0.1) is 22.8 Å². The molecule has 0 unspecified atom stereocenters. The number of carbonyl (C=O) groups is 1. The molecule has 0 bridgehead atoms. The van der Waals surface area contributed by atoms with Gasteiger partial charge in [0.15, 0.2) is 0 Å². The van der Waals surface area contributed by atoms with E-state index in [2.05, 4.69) is 48.2 Å². The molecule has 152 valence electrons. The van der Waals surface area contributed by atoms with Gasteiger partial charge in [0.2, 0.25) is 5.91 Å². The maximum atomic E-state index is 12.8. The lowest BCUT2D eigenvalue weighted by Crippen LogP contribution is -2.44. The Bertz CT molecular complexity index is 914. The number of piperidine rings is 1. The van der Waals surface area contributed by atoms with E-state index in [4.69, 9.17) is 4.98 Å². The number of thiazole rings is 1. The van der Waals surface area contributed by atoms with Gasteiger partial charge in [-0.1, -0.05) is 42.5 Å². The maximum absolute atomic E-state index is 12.8. The van der Waals surface area contributed by atoms with Gasteiger partial charge in [0, 0.05) is 13.1 Å². The summed E-state index contributed by atoms with van der Waals surface area (Å²) in [7, 11) is 2.02. The summed E-state index contributed by atoms with van der Waals surface area (Å²) in [4.78, 5) is 21.8. The summed E-state index contributed by atoms with van der Waals surface area (Å²) in [5.41, 5.74) is 2.45. The first-order valence-corrected chi connectivity index (χ1v) is 11.3. The molecular weight excluding hydrogens is 378 g/mol. The molecule has 1 saturated heterocycles. The van der Waals surface area contributed by atoms with Crippen LogP contribution >= 0.6 is 11.3 Å². The molecule has 2 aromatic carbocycles. The second-order valence-corrected chi connectivity index (χ2v) is 9.19. The van der Waals surface area contributed by atoms with Crippen LogP contribution in [0.1, 0.15) is 36.4 Å². The van der Waals surface area contributed by atoms with Gasteiger partial charge in [-0.25, -0.2) is 4.98 Å². The minimum absolute atomic E-state index is 0.131. The predicted octanol–water partition coefficient (Wildman–Crippen LogP) is 4.77. The van der Waals surface area contributed by atoms with Crippen molar-refractivity contribution in [2.45, 2.75) is 32.2 Å². The summed E-state index contributed by atoms with van der Waals surface area (Å²) >= 11 is 1.72. The van der Waals surface area contributed by atoms with Crippen LogP contribution in [0, 0.1) is 5.92 Å². The van der Waals surface area contributed by atoms with Crippen LogP contribution in [0.5, 0.6) is 0 Å². The normalized spacial score (nSPS) is 16.4. The third kappa shape index (κ3) is 4.85. The number of para-hydroxylation sites is 1. The standard InChI is InChI=1S/C24H29N3OS/c1-18(24-25-21-10-6-7-11-22(21)29-24)26(2)17-23(28)27-14-12-20(13-15-27)16-19-8-4-3-5-9-19/h3-11,18,20H,12-17H2,1-2H3/t18-/m1/s1. The Kier molecular flexibility index (Phi) is 6.26. The van der Waals surface area contributed by atoms with Crippen molar-refractivity contribution in [3.8, 4) is 0 Å². The van der Waals surface area contributed by atoms with Gasteiger partial charge in [-0.3, -0.25) is 9.69 Å². The second kappa shape index (κ2) is 9.06. The summed E-state index contributed by atoms with van der Waals surface area (Å²) in [5.74, 6) is 0.916. The lowest BCUT2D eigenvalue weighted by atomic mass is 9.90. The van der Waals surface area contributed by atoms with Gasteiger partial charge < -0.3 is 4.90 Å². The number of likely N-dealkylation sites (tertiary alicyclic amines) is 1. The summed E-state index contributed by atoms with van der Waals surface area (Å²) < 4.78 is 1.20. The third-order valence-corrected chi connectivity index (χ3v) is 7.25. The number of amides is 1. The molecule has 0 aliphatic carbocycles. The highest BCUT2D eigenvalue weighted by molar-refractivity contribution is 7.18. The van der Waals surface area contributed by atoms with Crippen molar-refractivity contribution in [1.29, 1.82) is 0 Å². The van der Waals surface area contributed by atoms with Crippen molar-refractivity contribution in [2.24, 2.45) is 5.92 Å². The number of hydrogen-bond donors (Lipinski definition) is 0. The minimum atomic E-state index is 0.131. The summed E-state index contributed by atoms with van der Waals surface area (Å²) in [5, 5.41) is 1.07. The molecule has 1 fully saturated rings. The van der Waals surface area contributed by atoms with Crippen molar-refractivity contribution in [3.63, 3.8) is 0 Å². The van der Waals surface area contributed by atoms with Gasteiger partial charge >= 0.3 is 0 Å². The van der Waals surface area contributed by atoms with E-state index in [1.807, 2.05) is 30.1 Å². The van der Waals surface area contributed by atoms with Crippen molar-refractivity contribution in [1.82, 2.24) is 14.8 Å². The molecule has 0 N–H and O–H groups in total. The molecule has 1 atom stereocenters. The monoisotopic (exact) mass is 407 g/mol. The van der Waals surface area contributed by atoms with Gasteiger partial charge in [0.1, 0.15) is 5.01 Å². The Morgan fingerprint density at radius 3 is 2.55 bits per heavy atom. The highest BCUT2D eigenvalue weighted by Crippen LogP contribution is 2.29. The van der Waals surface area contributed by atoms with Crippen LogP contribution in [0.3, 0.4) is 0 Å². The van der Waals surface area contributed by atoms with Gasteiger partial charge in [0.25, 0.3) is 0 Å². The second-order valence-electron chi connectivity index (χ2n) is 8.12. The number of hydrogen-bond acceptors (Lipinski definition) is 4. The molecule has 0 radical (unpaired) electrons. The van der Waals surface area contributed by atoms with E-state index in [0.29, 0.717) is 12.5 Å². The van der Waals surface area contributed by atoms with Crippen LogP contribution in [-0.2, 0) is 11.2 Å². The minimum Gasteiger partial charge on any atom is -0.342 e. The van der Waals surface area contributed by atoms with Crippen LogP contribution in [0.15, 0.2) is 54.6 Å². The van der Waals surface area contributed by atoms with E-state index in [9.17, 15) is 4.79 Å². The van der Waals surface area contributed by atoms with E-state index < -0.39 is 0 Å². The zero-order chi connectivity index (χ0) is 20.2. The van der Waals surface area contributed by atoms with E-state index >= 15 is 0 Å². The smallest absolute Gasteiger partial charge is 0.236 e. The number of nitrogens with zero attached hydrogens (tertiary/aromatic N) is 3. The lowest BCUT2D eigenvalue weighted by Gasteiger charge is -2.34. The first kappa shape index (κ1) is 20.0. The predicted molar refractivity (Wildman–Crippen MR) is 120 cm³/mol. The van der Waals surface area contributed by atoms with Crippen molar-refractivity contribution in [2.75, 3.05) is 26.7 Å². The summed E-state index contributed by atoms with van der Waals surface area (Å²) in [6, 6.07) is 19.0. The fourth-order valence-electron chi connectivity index (χ4n) is 4.04. The zero-order valence-electron chi connectivity index (χ0n) is 17.3. The Hall–Kier alpha value is -2.24. The number of aromatic nitrogens is 1. The molecule has 1 aliphatic rings. The largest absolute Gasteiger partial charge is 0.342 e. The molecule has 29 heavy (non-hydrogen) atoms. The highest BCUT2D eigenvalue weighted by atomic mass is 32.1. The topological polar surface area (TPSA) is 36.4 Å². The van der Waals surface area contributed by atoms with Crippen LogP contribution in [-0.4, -0.2) is 47.4 Å². The summed E-state index contributed by atoms with van der Waals surface area (Å²) in [6.07, 6.45) is 3.31. The molecule has 3 aromatic rings. The number of likely N-dealkylation sites (N-methyl/N-ethyl adjacent to an activating group) is 1. The fourth-order valence-corrected chi connectivity index (χ4v) is 5.13. The van der Waals surface area contributed by atoms with Gasteiger partial charge in [-0.15, -0.1) is 11.3 Å². The van der Waals surface area contributed by atoms with E-state index in [0.717, 1.165) is 42.9 Å². The Labute approximate surface area is 177 Å². The zero-order valence-corrected chi connectivity index (χ0v) is 18.1. The number of fused-ring (bicyclic) bond motifs is 1. The average Bonchev–Trinajstić information content (AvgIpc) is 3.18. The maximum Gasteiger partial charge on any atom is 0.236 e. The van der Waals surface area contributed by atoms with Crippen LogP contribution in [0.25, 0.3) is 10.2 Å². The number of benzene rings is 2. The first-order valence-electron chi connectivity index (χ1n) is 10.5. The van der Waals surface area contributed by atoms with Gasteiger partial charge in [-0.05, 0) is 56.8 Å². The number of rotatable bonds is 6. The van der Waals surface area contributed by atoms with E-state index in [1.165, 1.54) is 10.3 Å². The van der Waals surface area contributed by atoms with E-state index in [1.54, 1.807) is 11.3 Å². The SMILES string of the molecule is C[C@H](c1nc2ccccc2s1)N(C)CC(=O)N1CCC(Cc2ccccc2)CC1. The Balaban J connectivity index is 1.28. The van der Waals surface area contributed by atoms with Gasteiger partial charge in [-0.2, -0.15) is 0 Å². The van der Waals surface area contributed by atoms with E-state index in [-0.39, 0.29) is 11.9 Å². The average molecular weight is 408 g/mol. The van der Waals surface area contributed by atoms with Crippen molar-refractivity contribution in [3.05, 3.63) is 65.2 Å². The molecule has 1 amide bonds. The Morgan fingerprint density at radius 2 is 1.83 bits per heavy atom. The van der Waals surface area contributed by atoms with Crippen molar-refractivity contribution < 1.29 is 4.79 Å². The van der Waals surface area contributed by atoms with Crippen LogP contribution in [0.2, 0.25) is 0 Å². The van der Waals surface area contributed by atoms with Crippen LogP contribution in [0.4, 0.5) is 0 Å². The molecule has 5 heteroatoms. The summed E-state index contributed by atoms with van der Waals surface area (Å²) in [6.45, 7) is 4.33. The Morgan fingerprint density at radius 1 is 1.14 bits per heavy atom.